The van der Waals surface area contributed by atoms with Gasteiger partial charge in [0.25, 0.3) is 0 Å². The topological polar surface area (TPSA) is 88.8 Å². The van der Waals surface area contributed by atoms with E-state index in [4.69, 9.17) is 9.15 Å². The summed E-state index contributed by atoms with van der Waals surface area (Å²) in [5, 5.41) is 3.12. The molecule has 0 saturated carbocycles. The van der Waals surface area contributed by atoms with Gasteiger partial charge >= 0.3 is 5.97 Å². The van der Waals surface area contributed by atoms with E-state index in [0.29, 0.717) is 11.4 Å². The van der Waals surface area contributed by atoms with Crippen LogP contribution in [-0.2, 0) is 19.1 Å². The van der Waals surface area contributed by atoms with E-state index in [1.807, 2.05) is 0 Å². The molecule has 1 N–H and O–H groups in total. The summed E-state index contributed by atoms with van der Waals surface area (Å²) in [4.78, 5) is 40.0. The summed E-state index contributed by atoms with van der Waals surface area (Å²) in [5.41, 5.74) is -0.838. The summed E-state index contributed by atoms with van der Waals surface area (Å²) in [6, 6.07) is 11.5. The fourth-order valence-corrected chi connectivity index (χ4v) is 4.08. The number of anilines is 1. The third kappa shape index (κ3) is 2.13. The van der Waals surface area contributed by atoms with Gasteiger partial charge in [-0.25, -0.2) is 4.90 Å². The van der Waals surface area contributed by atoms with Crippen molar-refractivity contribution < 1.29 is 23.5 Å². The number of ether oxygens (including phenoxy) is 1. The second kappa shape index (κ2) is 5.81. The molecule has 2 saturated heterocycles. The number of hydrogen-bond donors (Lipinski definition) is 1. The molecule has 2 aliphatic heterocycles. The molecule has 0 radical (unpaired) electrons. The Balaban J connectivity index is 1.83. The van der Waals surface area contributed by atoms with Crippen molar-refractivity contribution in [1.29, 1.82) is 0 Å². The lowest BCUT2D eigenvalue weighted by molar-refractivity contribution is -0.151. The number of benzene rings is 1. The lowest BCUT2D eigenvalue weighted by Crippen LogP contribution is -2.54. The van der Waals surface area contributed by atoms with Gasteiger partial charge in [0.05, 0.1) is 36.9 Å². The van der Waals surface area contributed by atoms with Gasteiger partial charge in [-0.05, 0) is 31.2 Å². The van der Waals surface area contributed by atoms with Crippen LogP contribution in [0.1, 0.15) is 18.7 Å². The van der Waals surface area contributed by atoms with E-state index in [-0.39, 0.29) is 5.91 Å². The minimum Gasteiger partial charge on any atom is -0.468 e. The van der Waals surface area contributed by atoms with Crippen LogP contribution in [0.2, 0.25) is 0 Å². The molecule has 3 heterocycles. The van der Waals surface area contributed by atoms with E-state index < -0.39 is 35.3 Å². The molecule has 7 nitrogen and oxygen atoms in total. The molecule has 134 valence electrons. The molecule has 2 fully saturated rings. The number of esters is 1. The van der Waals surface area contributed by atoms with E-state index >= 15 is 0 Å². The Bertz CT molecular complexity index is 863. The van der Waals surface area contributed by atoms with Crippen molar-refractivity contribution in [3.05, 3.63) is 54.5 Å². The Kier molecular flexibility index (Phi) is 3.69. The number of carbonyl (C=O) groups is 3. The molecule has 2 aliphatic rings. The molecule has 26 heavy (non-hydrogen) atoms. The summed E-state index contributed by atoms with van der Waals surface area (Å²) in [6.45, 7) is 1.60. The molecule has 1 aromatic carbocycles. The maximum absolute atomic E-state index is 13.2. The van der Waals surface area contributed by atoms with Crippen molar-refractivity contribution in [3.8, 4) is 0 Å². The predicted octanol–water partition coefficient (Wildman–Crippen LogP) is 1.66. The van der Waals surface area contributed by atoms with Crippen LogP contribution < -0.4 is 10.2 Å². The van der Waals surface area contributed by atoms with E-state index in [9.17, 15) is 14.4 Å². The third-order valence-corrected chi connectivity index (χ3v) is 5.26. The number of nitrogens with one attached hydrogen (secondary N) is 1. The third-order valence-electron chi connectivity index (χ3n) is 5.26. The van der Waals surface area contributed by atoms with Gasteiger partial charge in [-0.1, -0.05) is 18.2 Å². The van der Waals surface area contributed by atoms with Crippen molar-refractivity contribution in [2.75, 3.05) is 12.0 Å². The van der Waals surface area contributed by atoms with Gasteiger partial charge in [-0.3, -0.25) is 19.7 Å². The summed E-state index contributed by atoms with van der Waals surface area (Å²) in [5.74, 6) is -2.48. The molecule has 4 atom stereocenters. The Morgan fingerprint density at radius 3 is 2.50 bits per heavy atom. The number of carbonyl (C=O) groups excluding carboxylic acids is 3. The summed E-state index contributed by atoms with van der Waals surface area (Å²) in [6.07, 6.45) is 1.50. The molecule has 0 aliphatic carbocycles. The average Bonchev–Trinajstić information content (AvgIpc) is 3.33. The Morgan fingerprint density at radius 2 is 1.88 bits per heavy atom. The van der Waals surface area contributed by atoms with Crippen molar-refractivity contribution in [1.82, 2.24) is 5.32 Å². The van der Waals surface area contributed by atoms with Crippen LogP contribution in [0.4, 0.5) is 5.69 Å². The number of fused-ring (bicyclic) bond motifs is 1. The first-order valence-electron chi connectivity index (χ1n) is 8.31. The van der Waals surface area contributed by atoms with E-state index in [2.05, 4.69) is 5.32 Å². The fraction of sp³-hybridized carbons (Fsp3) is 0.316. The van der Waals surface area contributed by atoms with Crippen molar-refractivity contribution in [2.45, 2.75) is 18.5 Å². The lowest BCUT2D eigenvalue weighted by Gasteiger charge is -2.28. The average molecular weight is 354 g/mol. The first kappa shape index (κ1) is 16.5. The molecule has 0 bridgehead atoms. The smallest absolute Gasteiger partial charge is 0.326 e. The number of amides is 2. The summed E-state index contributed by atoms with van der Waals surface area (Å²) < 4.78 is 10.4. The Morgan fingerprint density at radius 1 is 1.15 bits per heavy atom. The number of rotatable bonds is 3. The highest BCUT2D eigenvalue weighted by Gasteiger charge is 2.67. The maximum atomic E-state index is 13.2. The van der Waals surface area contributed by atoms with Gasteiger partial charge in [0, 0.05) is 0 Å². The molecular formula is C19H18N2O5. The highest BCUT2D eigenvalue weighted by atomic mass is 16.5. The molecule has 2 amide bonds. The molecule has 0 unspecified atom stereocenters. The Hall–Kier alpha value is -2.93. The molecule has 1 aromatic heterocycles. The highest BCUT2D eigenvalue weighted by Crippen LogP contribution is 2.49. The first-order valence-corrected chi connectivity index (χ1v) is 8.31. The molecular weight excluding hydrogens is 336 g/mol. The minimum atomic E-state index is -1.33. The maximum Gasteiger partial charge on any atom is 0.326 e. The predicted molar refractivity (Wildman–Crippen MR) is 90.9 cm³/mol. The van der Waals surface area contributed by atoms with Crippen LogP contribution in [0.5, 0.6) is 0 Å². The number of hydrogen-bond acceptors (Lipinski definition) is 6. The highest BCUT2D eigenvalue weighted by molar-refractivity contribution is 6.24. The molecule has 7 heteroatoms. The SMILES string of the molecule is COC(=O)[C@@]1(C)N[C@@H](c2ccco2)[C@H]2C(=O)N(c3ccccc3)C(=O)[C@@H]21. The summed E-state index contributed by atoms with van der Waals surface area (Å²) in [7, 11) is 1.26. The van der Waals surface area contributed by atoms with Crippen LogP contribution in [0, 0.1) is 11.8 Å². The van der Waals surface area contributed by atoms with Gasteiger partial charge in [0.15, 0.2) is 0 Å². The van der Waals surface area contributed by atoms with Crippen LogP contribution in [0.15, 0.2) is 53.1 Å². The van der Waals surface area contributed by atoms with Crippen LogP contribution >= 0.6 is 0 Å². The molecule has 0 spiro atoms. The lowest BCUT2D eigenvalue weighted by atomic mass is 9.81. The fourth-order valence-electron chi connectivity index (χ4n) is 4.08. The zero-order valence-electron chi connectivity index (χ0n) is 14.3. The number of methoxy groups -OCH3 is 1. The molecule has 4 rings (SSSR count). The van der Waals surface area contributed by atoms with E-state index in [0.717, 1.165) is 4.90 Å². The van der Waals surface area contributed by atoms with Gasteiger partial charge in [-0.2, -0.15) is 0 Å². The van der Waals surface area contributed by atoms with E-state index in [1.165, 1.54) is 13.4 Å². The minimum absolute atomic E-state index is 0.354. The van der Waals surface area contributed by atoms with Gasteiger partial charge in [-0.15, -0.1) is 0 Å². The van der Waals surface area contributed by atoms with E-state index in [1.54, 1.807) is 49.4 Å². The van der Waals surface area contributed by atoms with Crippen molar-refractivity contribution >= 4 is 23.5 Å². The number of para-hydroxylation sites is 1. The number of furan rings is 1. The number of nitrogens with zero attached hydrogens (tertiary/aromatic N) is 1. The second-order valence-corrected chi connectivity index (χ2v) is 6.68. The van der Waals surface area contributed by atoms with Crippen molar-refractivity contribution in [3.63, 3.8) is 0 Å². The van der Waals surface area contributed by atoms with Crippen LogP contribution in [-0.4, -0.2) is 30.4 Å². The largest absolute Gasteiger partial charge is 0.468 e. The van der Waals surface area contributed by atoms with Gasteiger partial charge < -0.3 is 9.15 Å². The number of imide groups is 1. The normalized spacial score (nSPS) is 30.5. The Labute approximate surface area is 149 Å². The van der Waals surface area contributed by atoms with Crippen molar-refractivity contribution in [2.24, 2.45) is 11.8 Å². The molecule has 2 aromatic rings. The first-order chi connectivity index (χ1) is 12.5. The van der Waals surface area contributed by atoms with Crippen LogP contribution in [0.25, 0.3) is 0 Å². The monoisotopic (exact) mass is 354 g/mol. The zero-order valence-corrected chi connectivity index (χ0v) is 14.3. The second-order valence-electron chi connectivity index (χ2n) is 6.68. The van der Waals surface area contributed by atoms with Crippen LogP contribution in [0.3, 0.4) is 0 Å². The van der Waals surface area contributed by atoms with Gasteiger partial charge in [0.2, 0.25) is 11.8 Å². The summed E-state index contributed by atoms with van der Waals surface area (Å²) >= 11 is 0. The standard InChI is InChI=1S/C19H18N2O5/c1-19(18(24)25-2)14-13(15(20-19)12-9-6-10-26-12)16(22)21(17(14)23)11-7-4-3-5-8-11/h3-10,13-15,20H,1-2H3/t13-,14+,15-,19-/m0/s1. The zero-order chi connectivity index (χ0) is 18.5. The van der Waals surface area contributed by atoms with Gasteiger partial charge in [0.1, 0.15) is 11.3 Å². The quantitative estimate of drug-likeness (QED) is 0.666.